The van der Waals surface area contributed by atoms with Crippen molar-refractivity contribution >= 4 is 13.7 Å². The molecule has 18 heavy (non-hydrogen) atoms. The van der Waals surface area contributed by atoms with Gasteiger partial charge in [0.2, 0.25) is 0 Å². The van der Waals surface area contributed by atoms with Crippen molar-refractivity contribution in [3.63, 3.8) is 0 Å². The van der Waals surface area contributed by atoms with Gasteiger partial charge in [-0.2, -0.15) is 0 Å². The van der Waals surface area contributed by atoms with Gasteiger partial charge in [-0.25, -0.2) is 0 Å². The summed E-state index contributed by atoms with van der Waals surface area (Å²) in [6.45, 7) is 0. The Bertz CT molecular complexity index is 414. The number of ether oxygens (including phenoxy) is 2. The molecule has 4 heteroatoms. The highest BCUT2D eigenvalue weighted by Crippen LogP contribution is 2.34. The second-order valence-electron chi connectivity index (χ2n) is 4.41. The Kier molecular flexibility index (Phi) is 4.62. The standard InChI is InChI=1S/C14H19O3P/c1-16-11-8-5-9-12(17-2)13(11)14(15)18-10-6-3-4-7-10/h5,8-10,15H,3-4,6-7H2,1-2H3/p-1. The highest BCUT2D eigenvalue weighted by molar-refractivity contribution is 7.41. The second kappa shape index (κ2) is 6.21. The van der Waals surface area contributed by atoms with E-state index in [4.69, 9.17) is 9.47 Å². The smallest absolute Gasteiger partial charge is 0.129 e. The monoisotopic (exact) mass is 265 g/mol. The van der Waals surface area contributed by atoms with Crippen molar-refractivity contribution in [1.29, 1.82) is 0 Å². The van der Waals surface area contributed by atoms with Crippen LogP contribution in [0.15, 0.2) is 18.2 Å². The van der Waals surface area contributed by atoms with Gasteiger partial charge in [-0.1, -0.05) is 18.9 Å². The molecule has 1 aliphatic rings. The Morgan fingerprint density at radius 3 is 2.22 bits per heavy atom. The minimum absolute atomic E-state index is 0.108. The van der Waals surface area contributed by atoms with E-state index in [1.165, 1.54) is 12.8 Å². The van der Waals surface area contributed by atoms with Gasteiger partial charge in [0, 0.05) is 5.56 Å². The van der Waals surface area contributed by atoms with E-state index in [-0.39, 0.29) is 5.48 Å². The summed E-state index contributed by atoms with van der Waals surface area (Å²) in [6, 6.07) is 5.45. The summed E-state index contributed by atoms with van der Waals surface area (Å²) in [5, 5.41) is 12.4. The van der Waals surface area contributed by atoms with Crippen molar-refractivity contribution in [3.05, 3.63) is 23.8 Å². The molecule has 98 valence electrons. The molecule has 0 aromatic heterocycles. The molecule has 1 aromatic carbocycles. The SMILES string of the molecule is COc1cccc(OC)c1C([O-])=PC1CCCC1. The first kappa shape index (κ1) is 13.4. The Labute approximate surface area is 110 Å². The molecule has 0 aliphatic heterocycles. The molecule has 0 atom stereocenters. The molecule has 1 fully saturated rings. The number of benzene rings is 1. The summed E-state index contributed by atoms with van der Waals surface area (Å²) < 4.78 is 10.5. The fraction of sp³-hybridized carbons (Fsp3) is 0.500. The lowest BCUT2D eigenvalue weighted by atomic mass is 10.2. The van der Waals surface area contributed by atoms with Gasteiger partial charge in [0.1, 0.15) is 11.5 Å². The van der Waals surface area contributed by atoms with E-state index in [1.807, 2.05) is 6.07 Å². The van der Waals surface area contributed by atoms with Crippen LogP contribution in [0.1, 0.15) is 31.2 Å². The second-order valence-corrected chi connectivity index (χ2v) is 5.80. The molecule has 0 spiro atoms. The topological polar surface area (TPSA) is 41.5 Å². The Balaban J connectivity index is 2.35. The summed E-state index contributed by atoms with van der Waals surface area (Å²) in [6.07, 6.45) is 4.80. The summed E-state index contributed by atoms with van der Waals surface area (Å²) in [5.41, 5.74) is 1.19. The average molecular weight is 265 g/mol. The molecule has 1 aromatic rings. The van der Waals surface area contributed by atoms with Crippen LogP contribution in [0.2, 0.25) is 0 Å². The number of rotatable bonds is 4. The molecule has 3 nitrogen and oxygen atoms in total. The molecule has 0 bridgehead atoms. The summed E-state index contributed by atoms with van der Waals surface area (Å²) in [5.74, 6) is 1.20. The van der Waals surface area contributed by atoms with Crippen LogP contribution in [0.4, 0.5) is 0 Å². The maximum Gasteiger partial charge on any atom is 0.129 e. The molecule has 1 aliphatic carbocycles. The van der Waals surface area contributed by atoms with Crippen molar-refractivity contribution in [1.82, 2.24) is 0 Å². The van der Waals surface area contributed by atoms with Crippen molar-refractivity contribution in [2.45, 2.75) is 31.3 Å². The zero-order chi connectivity index (χ0) is 13.0. The van der Waals surface area contributed by atoms with Gasteiger partial charge in [-0.15, -0.1) is 13.7 Å². The Hall–Kier alpha value is -1.05. The largest absolute Gasteiger partial charge is 0.823 e. The molecular weight excluding hydrogens is 247 g/mol. The van der Waals surface area contributed by atoms with Crippen LogP contribution < -0.4 is 14.6 Å². The molecule has 2 rings (SSSR count). The van der Waals surface area contributed by atoms with E-state index in [1.54, 1.807) is 26.4 Å². The molecule has 0 radical (unpaired) electrons. The van der Waals surface area contributed by atoms with E-state index >= 15 is 0 Å². The Morgan fingerprint density at radius 2 is 1.72 bits per heavy atom. The van der Waals surface area contributed by atoms with Crippen molar-refractivity contribution in [2.75, 3.05) is 14.2 Å². The predicted octanol–water partition coefficient (Wildman–Crippen LogP) is 2.43. The maximum atomic E-state index is 12.4. The van der Waals surface area contributed by atoms with E-state index in [0.29, 0.717) is 22.7 Å². The Morgan fingerprint density at radius 1 is 1.17 bits per heavy atom. The van der Waals surface area contributed by atoms with Crippen LogP contribution in [0.5, 0.6) is 11.5 Å². The van der Waals surface area contributed by atoms with Gasteiger partial charge < -0.3 is 14.6 Å². The maximum absolute atomic E-state index is 12.4. The first-order valence-corrected chi connectivity index (χ1v) is 7.18. The third-order valence-electron chi connectivity index (χ3n) is 3.27. The number of hydrogen-bond acceptors (Lipinski definition) is 3. The number of methoxy groups -OCH3 is 2. The lowest BCUT2D eigenvalue weighted by Crippen LogP contribution is -2.19. The zero-order valence-electron chi connectivity index (χ0n) is 10.8. The third-order valence-corrected chi connectivity index (χ3v) is 4.61. The normalized spacial score (nSPS) is 16.9. The highest BCUT2D eigenvalue weighted by atomic mass is 31.1. The van der Waals surface area contributed by atoms with Gasteiger partial charge >= 0.3 is 0 Å². The predicted molar refractivity (Wildman–Crippen MR) is 72.8 cm³/mol. The first-order valence-electron chi connectivity index (χ1n) is 6.22. The van der Waals surface area contributed by atoms with Gasteiger partial charge in [0.25, 0.3) is 0 Å². The molecule has 0 N–H and O–H groups in total. The van der Waals surface area contributed by atoms with Crippen LogP contribution in [0.3, 0.4) is 0 Å². The minimum atomic E-state index is 0.108. The van der Waals surface area contributed by atoms with Crippen molar-refractivity contribution in [2.24, 2.45) is 0 Å². The quantitative estimate of drug-likeness (QED) is 0.785. The molecule has 0 saturated heterocycles. The van der Waals surface area contributed by atoms with Crippen LogP contribution in [-0.2, 0) is 0 Å². The highest BCUT2D eigenvalue weighted by Gasteiger charge is 2.14. The van der Waals surface area contributed by atoms with Gasteiger partial charge in [-0.3, -0.25) is 0 Å². The fourth-order valence-corrected chi connectivity index (χ4v) is 3.63. The van der Waals surface area contributed by atoms with E-state index in [9.17, 15) is 5.11 Å². The summed E-state index contributed by atoms with van der Waals surface area (Å²) >= 11 is 0. The van der Waals surface area contributed by atoms with Crippen LogP contribution >= 0.6 is 8.20 Å². The molecule has 0 heterocycles. The fourth-order valence-electron chi connectivity index (χ4n) is 2.33. The van der Waals surface area contributed by atoms with Crippen LogP contribution in [0, 0.1) is 0 Å². The lowest BCUT2D eigenvalue weighted by Gasteiger charge is -2.20. The number of hydrogen-bond donors (Lipinski definition) is 0. The van der Waals surface area contributed by atoms with E-state index in [2.05, 4.69) is 0 Å². The third kappa shape index (κ3) is 2.85. The zero-order valence-corrected chi connectivity index (χ0v) is 11.7. The summed E-state index contributed by atoms with van der Waals surface area (Å²) in [7, 11) is 4.04. The van der Waals surface area contributed by atoms with Gasteiger partial charge in [0.15, 0.2) is 0 Å². The molecule has 0 amide bonds. The van der Waals surface area contributed by atoms with Crippen LogP contribution in [-0.4, -0.2) is 25.4 Å². The van der Waals surface area contributed by atoms with Gasteiger partial charge in [-0.05, 0) is 30.6 Å². The molecule has 1 saturated carbocycles. The van der Waals surface area contributed by atoms with E-state index in [0.717, 1.165) is 21.0 Å². The van der Waals surface area contributed by atoms with Crippen LogP contribution in [0.25, 0.3) is 0 Å². The molecular formula is C14H18O3P-. The van der Waals surface area contributed by atoms with Crippen molar-refractivity contribution < 1.29 is 14.6 Å². The molecule has 0 unspecified atom stereocenters. The van der Waals surface area contributed by atoms with Gasteiger partial charge in [0.05, 0.1) is 14.2 Å². The van der Waals surface area contributed by atoms with E-state index < -0.39 is 0 Å². The average Bonchev–Trinajstić information content (AvgIpc) is 2.90. The minimum Gasteiger partial charge on any atom is -0.823 e. The summed E-state index contributed by atoms with van der Waals surface area (Å²) in [4.78, 5) is 0. The first-order chi connectivity index (χ1) is 8.76. The van der Waals surface area contributed by atoms with Crippen molar-refractivity contribution in [3.8, 4) is 11.5 Å². The lowest BCUT2D eigenvalue weighted by molar-refractivity contribution is -0.207.